The van der Waals surface area contributed by atoms with Gasteiger partial charge in [0.15, 0.2) is 0 Å². The molecule has 4 heteroatoms. The van der Waals surface area contributed by atoms with E-state index in [9.17, 15) is 0 Å². The number of rotatable bonds is 9. The van der Waals surface area contributed by atoms with Crippen molar-refractivity contribution in [1.29, 1.82) is 0 Å². The van der Waals surface area contributed by atoms with E-state index in [1.54, 1.807) is 7.11 Å². The summed E-state index contributed by atoms with van der Waals surface area (Å²) >= 11 is 0. The molecule has 0 aliphatic rings. The highest BCUT2D eigenvalue weighted by atomic mass is 16.5. The molecule has 0 aliphatic carbocycles. The van der Waals surface area contributed by atoms with Gasteiger partial charge in [0.2, 0.25) is 0 Å². The summed E-state index contributed by atoms with van der Waals surface area (Å²) < 4.78 is 5.43. The molecule has 1 heterocycles. The normalized spacial score (nSPS) is 13.0. The summed E-state index contributed by atoms with van der Waals surface area (Å²) in [4.78, 5) is 7.12. The average Bonchev–Trinajstić information content (AvgIpc) is 2.59. The summed E-state index contributed by atoms with van der Waals surface area (Å²) in [5.74, 6) is 2.18. The van der Waals surface area contributed by atoms with Crippen molar-refractivity contribution < 1.29 is 4.74 Å². The second-order valence-electron chi connectivity index (χ2n) is 7.55. The van der Waals surface area contributed by atoms with Crippen LogP contribution in [0, 0.1) is 11.8 Å². The first kappa shape index (κ1) is 19.5. The van der Waals surface area contributed by atoms with Gasteiger partial charge >= 0.3 is 0 Å². The number of hydrogen-bond donors (Lipinski definition) is 1. The maximum absolute atomic E-state index is 5.43. The number of nitrogens with one attached hydrogen (secondary N) is 1. The molecule has 2 rings (SSSR count). The molecule has 0 unspecified atom stereocenters. The van der Waals surface area contributed by atoms with Gasteiger partial charge in [-0.3, -0.25) is 9.88 Å². The van der Waals surface area contributed by atoms with Crippen LogP contribution >= 0.6 is 0 Å². The average molecular weight is 344 g/mol. The summed E-state index contributed by atoms with van der Waals surface area (Å²) in [6, 6.07) is 8.67. The molecular weight excluding hydrogens is 310 g/mol. The molecule has 1 N–H and O–H groups in total. The number of aromatic nitrogens is 1. The maximum atomic E-state index is 5.43. The number of pyridine rings is 1. The van der Waals surface area contributed by atoms with Gasteiger partial charge in [0.25, 0.3) is 0 Å². The molecule has 0 amide bonds. The number of fused-ring (bicyclic) bond motifs is 1. The lowest BCUT2D eigenvalue weighted by molar-refractivity contribution is 0.156. The van der Waals surface area contributed by atoms with E-state index in [-0.39, 0.29) is 0 Å². The third-order valence-corrected chi connectivity index (χ3v) is 4.77. The van der Waals surface area contributed by atoms with Crippen molar-refractivity contribution in [2.45, 2.75) is 40.7 Å². The van der Waals surface area contributed by atoms with Crippen molar-refractivity contribution in [3.8, 4) is 5.75 Å². The van der Waals surface area contributed by atoms with Crippen LogP contribution in [-0.2, 0) is 0 Å². The summed E-state index contributed by atoms with van der Waals surface area (Å²) in [5.41, 5.74) is 2.03. The predicted molar refractivity (Wildman–Crippen MR) is 107 cm³/mol. The van der Waals surface area contributed by atoms with Gasteiger partial charge in [-0.25, -0.2) is 0 Å². The Kier molecular flexibility index (Phi) is 7.06. The summed E-state index contributed by atoms with van der Waals surface area (Å²) in [7, 11) is 1.70. The van der Waals surface area contributed by atoms with Gasteiger partial charge in [0.05, 0.1) is 18.3 Å². The van der Waals surface area contributed by atoms with E-state index in [0.717, 1.165) is 42.0 Å². The van der Waals surface area contributed by atoms with Crippen molar-refractivity contribution in [2.24, 2.45) is 11.8 Å². The van der Waals surface area contributed by atoms with Gasteiger partial charge in [0.1, 0.15) is 5.75 Å². The maximum Gasteiger partial charge on any atom is 0.121 e. The minimum atomic E-state index is 0.573. The smallest absolute Gasteiger partial charge is 0.121 e. The monoisotopic (exact) mass is 343 g/mol. The van der Waals surface area contributed by atoms with Crippen LogP contribution < -0.4 is 10.1 Å². The van der Waals surface area contributed by atoms with Crippen LogP contribution in [0.5, 0.6) is 5.75 Å². The molecule has 1 aromatic carbocycles. The van der Waals surface area contributed by atoms with Crippen LogP contribution in [-0.4, -0.2) is 42.7 Å². The first-order chi connectivity index (χ1) is 11.9. The molecule has 1 atom stereocenters. The zero-order valence-electron chi connectivity index (χ0n) is 16.5. The van der Waals surface area contributed by atoms with E-state index in [0.29, 0.717) is 17.9 Å². The second-order valence-corrected chi connectivity index (χ2v) is 7.55. The molecular formula is C21H33N3O. The molecule has 0 saturated heterocycles. The third-order valence-electron chi connectivity index (χ3n) is 4.77. The fourth-order valence-electron chi connectivity index (χ4n) is 3.10. The highest BCUT2D eigenvalue weighted by molar-refractivity contribution is 5.91. The van der Waals surface area contributed by atoms with E-state index in [2.05, 4.69) is 55.9 Å². The van der Waals surface area contributed by atoms with E-state index >= 15 is 0 Å². The largest absolute Gasteiger partial charge is 0.497 e. The van der Waals surface area contributed by atoms with Crippen molar-refractivity contribution in [3.63, 3.8) is 0 Å². The van der Waals surface area contributed by atoms with E-state index in [1.165, 1.54) is 0 Å². The molecule has 2 aromatic rings. The molecule has 0 fully saturated rings. The Morgan fingerprint density at radius 3 is 2.56 bits per heavy atom. The van der Waals surface area contributed by atoms with Gasteiger partial charge in [-0.2, -0.15) is 0 Å². The van der Waals surface area contributed by atoms with Crippen LogP contribution in [0.25, 0.3) is 10.9 Å². The van der Waals surface area contributed by atoms with E-state index in [4.69, 9.17) is 4.74 Å². The van der Waals surface area contributed by atoms with Gasteiger partial charge in [-0.1, -0.05) is 33.8 Å². The van der Waals surface area contributed by atoms with Gasteiger partial charge < -0.3 is 10.1 Å². The number of nitrogens with zero attached hydrogens (tertiary/aromatic N) is 2. The van der Waals surface area contributed by atoms with Crippen LogP contribution in [0.15, 0.2) is 30.5 Å². The SMILES string of the molecule is COc1cc(NCCN(CC(C)C)[C@@H](C)C(C)C)c2ncccc2c1. The minimum absolute atomic E-state index is 0.573. The Bertz CT molecular complexity index is 669. The van der Waals surface area contributed by atoms with Crippen molar-refractivity contribution in [1.82, 2.24) is 9.88 Å². The summed E-state index contributed by atoms with van der Waals surface area (Å²) in [6.07, 6.45) is 1.84. The molecule has 138 valence electrons. The molecule has 0 radical (unpaired) electrons. The van der Waals surface area contributed by atoms with Crippen LogP contribution in [0.1, 0.15) is 34.6 Å². The molecule has 25 heavy (non-hydrogen) atoms. The number of hydrogen-bond acceptors (Lipinski definition) is 4. The van der Waals surface area contributed by atoms with Crippen molar-refractivity contribution in [2.75, 3.05) is 32.1 Å². The first-order valence-electron chi connectivity index (χ1n) is 9.33. The zero-order chi connectivity index (χ0) is 18.4. The van der Waals surface area contributed by atoms with E-state index < -0.39 is 0 Å². The van der Waals surface area contributed by atoms with Gasteiger partial charge in [-0.05, 0) is 30.9 Å². The molecule has 0 spiro atoms. The van der Waals surface area contributed by atoms with Crippen LogP contribution in [0.3, 0.4) is 0 Å². The fourth-order valence-corrected chi connectivity index (χ4v) is 3.10. The highest BCUT2D eigenvalue weighted by Gasteiger charge is 2.18. The second kappa shape index (κ2) is 9.04. The Labute approximate surface area is 152 Å². The van der Waals surface area contributed by atoms with Crippen LogP contribution in [0.2, 0.25) is 0 Å². The first-order valence-corrected chi connectivity index (χ1v) is 9.33. The Morgan fingerprint density at radius 2 is 1.92 bits per heavy atom. The number of benzene rings is 1. The lowest BCUT2D eigenvalue weighted by Crippen LogP contribution is -2.41. The number of ether oxygens (including phenoxy) is 1. The molecule has 0 bridgehead atoms. The Hall–Kier alpha value is -1.81. The zero-order valence-corrected chi connectivity index (χ0v) is 16.5. The lowest BCUT2D eigenvalue weighted by Gasteiger charge is -2.33. The van der Waals surface area contributed by atoms with Crippen LogP contribution in [0.4, 0.5) is 5.69 Å². The molecule has 1 aromatic heterocycles. The molecule has 0 aliphatic heterocycles. The van der Waals surface area contributed by atoms with Gasteiger partial charge in [0, 0.05) is 43.3 Å². The topological polar surface area (TPSA) is 37.4 Å². The summed E-state index contributed by atoms with van der Waals surface area (Å²) in [5, 5.41) is 4.67. The fraction of sp³-hybridized carbons (Fsp3) is 0.571. The quantitative estimate of drug-likeness (QED) is 0.719. The molecule has 4 nitrogen and oxygen atoms in total. The number of methoxy groups -OCH3 is 1. The Balaban J connectivity index is 2.10. The highest BCUT2D eigenvalue weighted by Crippen LogP contribution is 2.27. The minimum Gasteiger partial charge on any atom is -0.497 e. The standard InChI is InChI=1S/C21H33N3O/c1-15(2)14-24(17(5)16(3)4)11-10-22-20-13-19(25-6)12-18-8-7-9-23-21(18)20/h7-9,12-13,15-17,22H,10-11,14H2,1-6H3/t17-/m0/s1. The third kappa shape index (κ3) is 5.33. The Morgan fingerprint density at radius 1 is 1.16 bits per heavy atom. The predicted octanol–water partition coefficient (Wildman–Crippen LogP) is 4.66. The summed E-state index contributed by atoms with van der Waals surface area (Å²) in [6.45, 7) is 14.5. The van der Waals surface area contributed by atoms with Gasteiger partial charge in [-0.15, -0.1) is 0 Å². The van der Waals surface area contributed by atoms with Crippen molar-refractivity contribution >= 4 is 16.6 Å². The molecule has 0 saturated carbocycles. The lowest BCUT2D eigenvalue weighted by atomic mass is 10.0. The van der Waals surface area contributed by atoms with Crippen molar-refractivity contribution in [3.05, 3.63) is 30.5 Å². The number of anilines is 1. The van der Waals surface area contributed by atoms with E-state index in [1.807, 2.05) is 24.4 Å².